The lowest BCUT2D eigenvalue weighted by molar-refractivity contribution is -0.114. The maximum absolute atomic E-state index is 12.1. The van der Waals surface area contributed by atoms with Gasteiger partial charge >= 0.3 is 0 Å². The third-order valence-corrected chi connectivity index (χ3v) is 3.65. The summed E-state index contributed by atoms with van der Waals surface area (Å²) in [4.78, 5) is 14.8. The molecule has 106 valence electrons. The van der Waals surface area contributed by atoms with Crippen LogP contribution in [0.25, 0.3) is 0 Å². The molecule has 0 fully saturated rings. The van der Waals surface area contributed by atoms with E-state index in [0.717, 1.165) is 0 Å². The first-order chi connectivity index (χ1) is 9.37. The molecule has 0 saturated carbocycles. The third kappa shape index (κ3) is 3.32. The van der Waals surface area contributed by atoms with E-state index < -0.39 is 10.0 Å². The van der Waals surface area contributed by atoms with Gasteiger partial charge in [-0.25, -0.2) is 13.1 Å². The average Bonchev–Trinajstić information content (AvgIpc) is 2.74. The minimum Gasteiger partial charge on any atom is -0.326 e. The largest absolute Gasteiger partial charge is 0.326 e. The molecular weight excluding hydrogens is 282 g/mol. The van der Waals surface area contributed by atoms with E-state index in [2.05, 4.69) is 25.2 Å². The summed E-state index contributed by atoms with van der Waals surface area (Å²) in [6.07, 6.45) is 0. The molecule has 2 rings (SSSR count). The van der Waals surface area contributed by atoms with Crippen LogP contribution in [0.3, 0.4) is 0 Å². The van der Waals surface area contributed by atoms with Crippen molar-refractivity contribution in [2.75, 3.05) is 10.0 Å². The van der Waals surface area contributed by atoms with E-state index in [1.54, 1.807) is 6.92 Å². The number of benzene rings is 1. The van der Waals surface area contributed by atoms with Crippen molar-refractivity contribution in [3.05, 3.63) is 30.1 Å². The number of hydrogen-bond donors (Lipinski definition) is 3. The van der Waals surface area contributed by atoms with E-state index >= 15 is 0 Å². The first-order valence-corrected chi connectivity index (χ1v) is 7.14. The summed E-state index contributed by atoms with van der Waals surface area (Å²) < 4.78 is 26.4. The number of amides is 1. The lowest BCUT2D eigenvalue weighted by atomic mass is 10.3. The van der Waals surface area contributed by atoms with Crippen LogP contribution in [-0.4, -0.2) is 29.5 Å². The monoisotopic (exact) mass is 295 g/mol. The number of hydrogen-bond acceptors (Lipinski definition) is 5. The molecule has 8 nitrogen and oxygen atoms in total. The second-order valence-electron chi connectivity index (χ2n) is 4.06. The predicted octanol–water partition coefficient (Wildman–Crippen LogP) is 0.872. The number of rotatable bonds is 4. The first kappa shape index (κ1) is 14.0. The molecular formula is C11H13N5O3S. The van der Waals surface area contributed by atoms with Gasteiger partial charge in [0.05, 0.1) is 4.90 Å². The van der Waals surface area contributed by atoms with E-state index in [-0.39, 0.29) is 16.8 Å². The highest BCUT2D eigenvalue weighted by Gasteiger charge is 2.16. The number of anilines is 2. The molecule has 3 N–H and O–H groups in total. The Hall–Kier alpha value is -2.42. The Bertz CT molecular complexity index is 721. The molecule has 0 bridgehead atoms. The highest BCUT2D eigenvalue weighted by molar-refractivity contribution is 7.92. The summed E-state index contributed by atoms with van der Waals surface area (Å²) in [6, 6.07) is 5.76. The van der Waals surface area contributed by atoms with Crippen molar-refractivity contribution in [3.8, 4) is 0 Å². The Kier molecular flexibility index (Phi) is 3.70. The van der Waals surface area contributed by atoms with Crippen molar-refractivity contribution in [2.45, 2.75) is 18.7 Å². The van der Waals surface area contributed by atoms with Crippen LogP contribution >= 0.6 is 0 Å². The third-order valence-electron chi connectivity index (χ3n) is 2.31. The molecule has 2 aromatic rings. The number of H-pyrrole nitrogens is 1. The quantitative estimate of drug-likeness (QED) is 0.773. The molecule has 20 heavy (non-hydrogen) atoms. The zero-order valence-electron chi connectivity index (χ0n) is 10.8. The lowest BCUT2D eigenvalue weighted by Gasteiger charge is -2.06. The topological polar surface area (TPSA) is 117 Å². The van der Waals surface area contributed by atoms with Crippen molar-refractivity contribution in [2.24, 2.45) is 0 Å². The Morgan fingerprint density at radius 3 is 2.40 bits per heavy atom. The molecule has 0 aliphatic rings. The van der Waals surface area contributed by atoms with Crippen LogP contribution in [-0.2, 0) is 14.8 Å². The van der Waals surface area contributed by atoms with Gasteiger partial charge in [-0.1, -0.05) is 0 Å². The number of aromatic amines is 1. The SMILES string of the molecule is CC(=O)Nc1ccc(S(=O)(=O)Nc2n[nH]c(C)n2)cc1. The summed E-state index contributed by atoms with van der Waals surface area (Å²) in [5, 5.41) is 8.79. The molecule has 1 heterocycles. The highest BCUT2D eigenvalue weighted by Crippen LogP contribution is 2.16. The van der Waals surface area contributed by atoms with Gasteiger partial charge in [0.15, 0.2) is 0 Å². The molecule has 0 atom stereocenters. The van der Waals surface area contributed by atoms with Crippen LogP contribution in [0.15, 0.2) is 29.2 Å². The lowest BCUT2D eigenvalue weighted by Crippen LogP contribution is -2.14. The molecule has 0 aliphatic heterocycles. The van der Waals surface area contributed by atoms with E-state index in [0.29, 0.717) is 11.5 Å². The first-order valence-electron chi connectivity index (χ1n) is 5.66. The van der Waals surface area contributed by atoms with Crippen molar-refractivity contribution < 1.29 is 13.2 Å². The van der Waals surface area contributed by atoms with Gasteiger partial charge in [-0.3, -0.25) is 9.89 Å². The van der Waals surface area contributed by atoms with Gasteiger partial charge < -0.3 is 5.32 Å². The summed E-state index contributed by atoms with van der Waals surface area (Å²) >= 11 is 0. The van der Waals surface area contributed by atoms with Crippen LogP contribution in [0.1, 0.15) is 12.7 Å². The maximum atomic E-state index is 12.1. The van der Waals surface area contributed by atoms with Crippen LogP contribution in [0, 0.1) is 6.92 Å². The fraction of sp³-hybridized carbons (Fsp3) is 0.182. The smallest absolute Gasteiger partial charge is 0.264 e. The summed E-state index contributed by atoms with van der Waals surface area (Å²) in [5.41, 5.74) is 0.519. The highest BCUT2D eigenvalue weighted by atomic mass is 32.2. The van der Waals surface area contributed by atoms with Crippen molar-refractivity contribution >= 4 is 27.6 Å². The number of carbonyl (C=O) groups excluding carboxylic acids is 1. The number of aryl methyl sites for hydroxylation is 1. The Labute approximate surface area is 115 Å². The summed E-state index contributed by atoms with van der Waals surface area (Å²) in [6.45, 7) is 3.03. The minimum absolute atomic E-state index is 0.0200. The van der Waals surface area contributed by atoms with Gasteiger partial charge in [0.2, 0.25) is 5.91 Å². The molecule has 0 spiro atoms. The van der Waals surface area contributed by atoms with Crippen LogP contribution in [0.5, 0.6) is 0 Å². The number of sulfonamides is 1. The molecule has 0 unspecified atom stereocenters. The van der Waals surface area contributed by atoms with Crippen LogP contribution in [0.2, 0.25) is 0 Å². The number of nitrogens with one attached hydrogen (secondary N) is 3. The normalized spacial score (nSPS) is 11.1. The molecule has 9 heteroatoms. The number of carbonyl (C=O) groups is 1. The van der Waals surface area contributed by atoms with E-state index in [4.69, 9.17) is 0 Å². The van der Waals surface area contributed by atoms with E-state index in [9.17, 15) is 13.2 Å². The Morgan fingerprint density at radius 1 is 1.25 bits per heavy atom. The van der Waals surface area contributed by atoms with Crippen LogP contribution < -0.4 is 10.0 Å². The molecule has 1 aromatic heterocycles. The van der Waals surface area contributed by atoms with Crippen molar-refractivity contribution in [1.29, 1.82) is 0 Å². The van der Waals surface area contributed by atoms with Gasteiger partial charge in [0.1, 0.15) is 5.82 Å². The standard InChI is InChI=1S/C11H13N5O3S/c1-7-12-11(15-14-7)16-20(18,19)10-5-3-9(4-6-10)13-8(2)17/h3-6H,1-2H3,(H,13,17)(H2,12,14,15,16). The maximum Gasteiger partial charge on any atom is 0.264 e. The fourth-order valence-electron chi connectivity index (χ4n) is 1.49. The van der Waals surface area contributed by atoms with Gasteiger partial charge in [0, 0.05) is 12.6 Å². The number of nitrogens with zero attached hydrogens (tertiary/aromatic N) is 2. The van der Waals surface area contributed by atoms with Gasteiger partial charge in [-0.15, -0.1) is 5.10 Å². The van der Waals surface area contributed by atoms with Crippen LogP contribution in [0.4, 0.5) is 11.6 Å². The van der Waals surface area contributed by atoms with E-state index in [1.807, 2.05) is 0 Å². The summed E-state index contributed by atoms with van der Waals surface area (Å²) in [7, 11) is -3.75. The summed E-state index contributed by atoms with van der Waals surface area (Å²) in [5.74, 6) is 0.257. The second kappa shape index (κ2) is 5.29. The van der Waals surface area contributed by atoms with Crippen molar-refractivity contribution in [1.82, 2.24) is 15.2 Å². The Balaban J connectivity index is 2.19. The fourth-order valence-corrected chi connectivity index (χ4v) is 2.43. The molecule has 1 aromatic carbocycles. The van der Waals surface area contributed by atoms with E-state index in [1.165, 1.54) is 31.2 Å². The van der Waals surface area contributed by atoms with Gasteiger partial charge in [0.25, 0.3) is 16.0 Å². The molecule has 0 aliphatic carbocycles. The second-order valence-corrected chi connectivity index (χ2v) is 5.74. The predicted molar refractivity (Wildman–Crippen MR) is 72.7 cm³/mol. The number of aromatic nitrogens is 3. The van der Waals surface area contributed by atoms with Crippen molar-refractivity contribution in [3.63, 3.8) is 0 Å². The molecule has 0 radical (unpaired) electrons. The zero-order chi connectivity index (χ0) is 14.8. The van der Waals surface area contributed by atoms with Gasteiger partial charge in [-0.05, 0) is 31.2 Å². The van der Waals surface area contributed by atoms with Gasteiger partial charge in [-0.2, -0.15) is 4.98 Å². The minimum atomic E-state index is -3.75. The average molecular weight is 295 g/mol. The molecule has 1 amide bonds. The zero-order valence-corrected chi connectivity index (χ0v) is 11.7. The molecule has 0 saturated heterocycles. The Morgan fingerprint density at radius 2 is 1.90 bits per heavy atom.